The van der Waals surface area contributed by atoms with Crippen LogP contribution < -0.4 is 20.7 Å². The van der Waals surface area contributed by atoms with Crippen LogP contribution >= 0.6 is 0 Å². The molecule has 8 nitrogen and oxygen atoms in total. The minimum Gasteiger partial charge on any atom is -0.309 e. The number of para-hydroxylation sites is 6. The summed E-state index contributed by atoms with van der Waals surface area (Å²) in [6, 6.07) is 112. The molecule has 0 N–H and O–H groups in total. The van der Waals surface area contributed by atoms with Gasteiger partial charge in [0.15, 0.2) is 19.4 Å². The van der Waals surface area contributed by atoms with Gasteiger partial charge in [0.2, 0.25) is 0 Å². The average molecular weight is 1200 g/mol. The SMILES string of the molecule is c1ccc(-n2c(-c3ccc4c(c3)[Si]3(c5cc(-c6ccc7c(c6)c6ccccc6n7-c6ccccc6)ccc5-c5ccc(-c6ccc7c(c6)c6ccccc6n7-c6ccccc6)cc53)c3cc(-c5nc6cccnc6n5-c5ccccc5)ccc3-4)nc3cccnc32)cc1. The number of hydrogen-bond acceptors (Lipinski definition) is 4. The van der Waals surface area contributed by atoms with E-state index in [1.807, 2.05) is 24.5 Å². The van der Waals surface area contributed by atoms with Crippen molar-refractivity contribution in [2.45, 2.75) is 0 Å². The average Bonchev–Trinajstić information content (AvgIpc) is 1.50. The predicted molar refractivity (Wildman–Crippen MR) is 383 cm³/mol. The Kier molecular flexibility index (Phi) is 11.0. The number of benzene rings is 12. The number of fused-ring (bicyclic) bond motifs is 18. The molecule has 0 amide bonds. The third-order valence-electron chi connectivity index (χ3n) is 19.7. The maximum atomic E-state index is 5.49. The number of pyridine rings is 2. The smallest absolute Gasteiger partial charge is 0.182 e. The molecule has 0 radical (unpaired) electrons. The van der Waals surface area contributed by atoms with E-state index in [-0.39, 0.29) is 0 Å². The van der Waals surface area contributed by atoms with Crippen molar-refractivity contribution >= 4 is 94.8 Å². The second kappa shape index (κ2) is 19.8. The lowest BCUT2D eigenvalue weighted by Crippen LogP contribution is -2.70. The highest BCUT2D eigenvalue weighted by Crippen LogP contribution is 2.44. The largest absolute Gasteiger partial charge is 0.309 e. The first-order chi connectivity index (χ1) is 46.1. The first-order valence-corrected chi connectivity index (χ1v) is 33.7. The van der Waals surface area contributed by atoms with Crippen LogP contribution in [0, 0.1) is 0 Å². The molecule has 9 heteroatoms. The first kappa shape index (κ1) is 51.6. The zero-order valence-corrected chi connectivity index (χ0v) is 51.1. The molecule has 20 rings (SSSR count). The molecule has 0 saturated heterocycles. The molecular formula is C84H52N8Si. The van der Waals surface area contributed by atoms with Crippen molar-refractivity contribution in [2.24, 2.45) is 0 Å². The van der Waals surface area contributed by atoms with Crippen molar-refractivity contribution in [3.05, 3.63) is 316 Å². The Hall–Kier alpha value is -12.3. The molecule has 6 aromatic heterocycles. The number of hydrogen-bond donors (Lipinski definition) is 0. The van der Waals surface area contributed by atoms with E-state index >= 15 is 0 Å². The Labute approximate surface area is 535 Å². The summed E-state index contributed by atoms with van der Waals surface area (Å²) in [5.41, 5.74) is 24.0. The van der Waals surface area contributed by atoms with E-state index in [2.05, 4.69) is 309 Å². The van der Waals surface area contributed by atoms with Crippen molar-refractivity contribution in [3.8, 4) is 90.0 Å². The predicted octanol–water partition coefficient (Wildman–Crippen LogP) is 17.4. The molecule has 12 aromatic carbocycles. The van der Waals surface area contributed by atoms with Crippen LogP contribution in [0.3, 0.4) is 0 Å². The van der Waals surface area contributed by atoms with Gasteiger partial charge < -0.3 is 9.13 Å². The van der Waals surface area contributed by atoms with E-state index < -0.39 is 8.07 Å². The summed E-state index contributed by atoms with van der Waals surface area (Å²) < 4.78 is 9.27. The monoisotopic (exact) mass is 1200 g/mol. The highest BCUT2D eigenvalue weighted by Gasteiger charge is 2.55. The van der Waals surface area contributed by atoms with Gasteiger partial charge in [0, 0.05) is 67.8 Å². The Morgan fingerprint density at radius 3 is 0.946 bits per heavy atom. The molecule has 0 atom stereocenters. The molecule has 432 valence electrons. The Morgan fingerprint density at radius 2 is 0.548 bits per heavy atom. The molecule has 0 fully saturated rings. The molecule has 2 aliphatic rings. The Bertz CT molecular complexity index is 5750. The molecule has 1 spiro atoms. The highest BCUT2D eigenvalue weighted by atomic mass is 28.3. The second-order valence-electron chi connectivity index (χ2n) is 24.5. The third-order valence-corrected chi connectivity index (χ3v) is 24.6. The van der Waals surface area contributed by atoms with Gasteiger partial charge in [-0.1, -0.05) is 194 Å². The van der Waals surface area contributed by atoms with Crippen molar-refractivity contribution in [1.29, 1.82) is 0 Å². The van der Waals surface area contributed by atoms with Crippen LogP contribution in [0.1, 0.15) is 0 Å². The lowest BCUT2D eigenvalue weighted by atomic mass is 9.97. The van der Waals surface area contributed by atoms with Crippen molar-refractivity contribution in [1.82, 2.24) is 38.2 Å². The summed E-state index contributed by atoms with van der Waals surface area (Å²) >= 11 is 0. The molecule has 2 aliphatic heterocycles. The van der Waals surface area contributed by atoms with E-state index in [1.54, 1.807) is 0 Å². The zero-order chi connectivity index (χ0) is 60.9. The summed E-state index contributed by atoms with van der Waals surface area (Å²) in [5.74, 6) is 1.68. The summed E-state index contributed by atoms with van der Waals surface area (Å²) in [7, 11) is -3.47. The summed E-state index contributed by atoms with van der Waals surface area (Å²) in [6.45, 7) is 0. The molecular weight excluding hydrogens is 1150 g/mol. The van der Waals surface area contributed by atoms with Crippen LogP contribution in [0.15, 0.2) is 316 Å². The lowest BCUT2D eigenvalue weighted by molar-refractivity contribution is 1.08. The number of nitrogens with zero attached hydrogens (tertiary/aromatic N) is 8. The van der Waals surface area contributed by atoms with Crippen LogP contribution in [0.4, 0.5) is 0 Å². The van der Waals surface area contributed by atoms with E-state index in [1.165, 1.54) is 109 Å². The maximum absolute atomic E-state index is 5.49. The quantitative estimate of drug-likeness (QED) is 0.142. The van der Waals surface area contributed by atoms with E-state index in [0.717, 1.165) is 67.9 Å². The van der Waals surface area contributed by atoms with Crippen molar-refractivity contribution < 1.29 is 0 Å². The highest BCUT2D eigenvalue weighted by molar-refractivity contribution is 7.24. The summed E-state index contributed by atoms with van der Waals surface area (Å²) in [5, 5.41) is 10.2. The van der Waals surface area contributed by atoms with Gasteiger partial charge in [0.05, 0.1) is 22.1 Å². The normalized spacial score (nSPS) is 12.8. The molecule has 0 unspecified atom stereocenters. The van der Waals surface area contributed by atoms with Crippen LogP contribution in [0.5, 0.6) is 0 Å². The number of rotatable bonds is 8. The van der Waals surface area contributed by atoms with Crippen LogP contribution in [0.2, 0.25) is 0 Å². The summed E-state index contributed by atoms with van der Waals surface area (Å²) in [6.07, 6.45) is 3.74. The molecule has 93 heavy (non-hydrogen) atoms. The van der Waals surface area contributed by atoms with Crippen molar-refractivity contribution in [2.75, 3.05) is 0 Å². The molecule has 0 bridgehead atoms. The fourth-order valence-corrected chi connectivity index (χ4v) is 21.5. The van der Waals surface area contributed by atoms with Gasteiger partial charge in [-0.15, -0.1) is 0 Å². The fraction of sp³-hybridized carbons (Fsp3) is 0. The molecule has 0 saturated carbocycles. The first-order valence-electron chi connectivity index (χ1n) is 31.7. The van der Waals surface area contributed by atoms with Gasteiger partial charge in [-0.25, -0.2) is 19.9 Å². The minimum atomic E-state index is -3.47. The zero-order valence-electron chi connectivity index (χ0n) is 50.1. The minimum absolute atomic E-state index is 0.813. The maximum Gasteiger partial charge on any atom is 0.182 e. The fourth-order valence-electron chi connectivity index (χ4n) is 15.7. The third kappa shape index (κ3) is 7.48. The number of aromatic nitrogens is 8. The van der Waals surface area contributed by atoms with Gasteiger partial charge in [-0.05, 0) is 174 Å². The Morgan fingerprint density at radius 1 is 0.237 bits per heavy atom. The summed E-state index contributed by atoms with van der Waals surface area (Å²) in [4.78, 5) is 21.0. The van der Waals surface area contributed by atoms with Crippen LogP contribution in [-0.2, 0) is 0 Å². The van der Waals surface area contributed by atoms with Crippen molar-refractivity contribution in [3.63, 3.8) is 0 Å². The van der Waals surface area contributed by atoms with E-state index in [9.17, 15) is 0 Å². The topological polar surface area (TPSA) is 71.3 Å². The second-order valence-corrected chi connectivity index (χ2v) is 28.2. The van der Waals surface area contributed by atoms with Gasteiger partial charge in [0.25, 0.3) is 0 Å². The van der Waals surface area contributed by atoms with Crippen LogP contribution in [0.25, 0.3) is 156 Å². The lowest BCUT2D eigenvalue weighted by Gasteiger charge is -2.29. The van der Waals surface area contributed by atoms with Crippen LogP contribution in [-0.4, -0.2) is 46.3 Å². The van der Waals surface area contributed by atoms with Gasteiger partial charge >= 0.3 is 0 Å². The van der Waals surface area contributed by atoms with Gasteiger partial charge in [-0.3, -0.25) is 9.13 Å². The molecule has 8 heterocycles. The Balaban J connectivity index is 0.875. The van der Waals surface area contributed by atoms with E-state index in [4.69, 9.17) is 19.9 Å². The van der Waals surface area contributed by atoms with E-state index in [0.29, 0.717) is 0 Å². The van der Waals surface area contributed by atoms with Gasteiger partial charge in [0.1, 0.15) is 22.7 Å². The molecule has 0 aliphatic carbocycles. The molecule has 18 aromatic rings. The van der Waals surface area contributed by atoms with Gasteiger partial charge in [-0.2, -0.15) is 0 Å². The standard InChI is InChI=1S/C84H52N8Si/c1-5-19-59(20-6-1)89-73-31-15-13-27-63(73)69-47-53(37-43-75(69)89)55-33-39-65-66-40-34-56(54-38-44-76-70(48-54)64-28-14-16-32-74(64)90(76)60-21-7-2-8-22-60)50-78(66)93(77(65)49-55)79-51-57(81-87-71-29-17-45-85-83(71)91(81)61-23-9-3-10-24-61)35-41-67(79)68-42-36-58(52-80(68)93)82-88-72-30-18-46-86-84(72)92(82)62-25-11-4-12-26-62/h1-52H. The number of imidazole rings is 2.